The molecule has 0 aliphatic rings. The highest BCUT2D eigenvalue weighted by atomic mass is 32.2. The Balaban J connectivity index is 1.85. The highest BCUT2D eigenvalue weighted by molar-refractivity contribution is 7.88. The molecule has 0 radical (unpaired) electrons. The highest BCUT2D eigenvalue weighted by Gasteiger charge is 1.99. The maximum absolute atomic E-state index is 10.9. The van der Waals surface area contributed by atoms with Crippen LogP contribution in [0.1, 0.15) is 5.56 Å². The van der Waals surface area contributed by atoms with E-state index in [4.69, 9.17) is 0 Å². The molecule has 2 rings (SSSR count). The number of hydrogen-bond acceptors (Lipinski definition) is 4. The topological polar surface area (TPSA) is 71.1 Å². The summed E-state index contributed by atoms with van der Waals surface area (Å²) in [7, 11) is -3.09. The van der Waals surface area contributed by atoms with Crippen molar-refractivity contribution in [3.63, 3.8) is 0 Å². The van der Waals surface area contributed by atoms with Crippen LogP contribution in [0.2, 0.25) is 0 Å². The van der Waals surface area contributed by atoms with Crippen molar-refractivity contribution in [3.8, 4) is 0 Å². The largest absolute Gasteiger partial charge is 0.311 e. The molecular weight excluding hydrogens is 262 g/mol. The van der Waals surface area contributed by atoms with Crippen LogP contribution in [0.25, 0.3) is 10.8 Å². The summed E-state index contributed by atoms with van der Waals surface area (Å²) in [5, 5.41) is 5.47. The standard InChI is InChI=1S/C13H17N3O2S/c1-19(17,18)16-7-6-15-9-11-2-3-13-10-14-5-4-12(13)8-11/h2-5,8,10,15-16H,6-7,9H2,1H3. The van der Waals surface area contributed by atoms with Gasteiger partial charge in [-0.2, -0.15) is 0 Å². The number of nitrogens with zero attached hydrogens (tertiary/aromatic N) is 1. The maximum atomic E-state index is 10.9. The summed E-state index contributed by atoms with van der Waals surface area (Å²) in [6, 6.07) is 8.16. The first kappa shape index (κ1) is 13.9. The van der Waals surface area contributed by atoms with Gasteiger partial charge in [-0.1, -0.05) is 12.1 Å². The van der Waals surface area contributed by atoms with E-state index in [-0.39, 0.29) is 0 Å². The van der Waals surface area contributed by atoms with Crippen molar-refractivity contribution in [1.82, 2.24) is 15.0 Å². The highest BCUT2D eigenvalue weighted by Crippen LogP contribution is 2.14. The second kappa shape index (κ2) is 6.10. The van der Waals surface area contributed by atoms with E-state index in [0.717, 1.165) is 22.6 Å². The van der Waals surface area contributed by atoms with Crippen LogP contribution in [0, 0.1) is 0 Å². The number of fused-ring (bicyclic) bond motifs is 1. The third-order valence-electron chi connectivity index (χ3n) is 2.70. The molecule has 0 atom stereocenters. The van der Waals surface area contributed by atoms with E-state index in [2.05, 4.69) is 21.1 Å². The molecule has 0 saturated carbocycles. The van der Waals surface area contributed by atoms with E-state index < -0.39 is 10.0 Å². The van der Waals surface area contributed by atoms with Crippen molar-refractivity contribution in [2.45, 2.75) is 6.54 Å². The fourth-order valence-electron chi connectivity index (χ4n) is 1.80. The molecule has 0 aliphatic heterocycles. The van der Waals surface area contributed by atoms with Crippen LogP contribution in [-0.2, 0) is 16.6 Å². The predicted octanol–water partition coefficient (Wildman–Crippen LogP) is 0.874. The van der Waals surface area contributed by atoms with Crippen LogP contribution in [0.4, 0.5) is 0 Å². The molecule has 5 nitrogen and oxygen atoms in total. The minimum Gasteiger partial charge on any atom is -0.311 e. The SMILES string of the molecule is CS(=O)(=O)NCCNCc1ccc2cnccc2c1. The second-order valence-electron chi connectivity index (χ2n) is 4.40. The van der Waals surface area contributed by atoms with Gasteiger partial charge in [0.15, 0.2) is 0 Å². The van der Waals surface area contributed by atoms with Gasteiger partial charge in [-0.25, -0.2) is 13.1 Å². The van der Waals surface area contributed by atoms with E-state index in [9.17, 15) is 8.42 Å². The van der Waals surface area contributed by atoms with Gasteiger partial charge in [0.2, 0.25) is 10.0 Å². The first-order valence-electron chi connectivity index (χ1n) is 6.03. The molecule has 0 unspecified atom stereocenters. The lowest BCUT2D eigenvalue weighted by molar-refractivity contribution is 0.582. The molecular formula is C13H17N3O2S. The van der Waals surface area contributed by atoms with Crippen LogP contribution >= 0.6 is 0 Å². The summed E-state index contributed by atoms with van der Waals surface area (Å²) in [5.41, 5.74) is 1.16. The first-order chi connectivity index (χ1) is 9.04. The van der Waals surface area contributed by atoms with E-state index in [0.29, 0.717) is 19.6 Å². The van der Waals surface area contributed by atoms with Crippen molar-refractivity contribution in [2.24, 2.45) is 0 Å². The summed E-state index contributed by atoms with van der Waals surface area (Å²) >= 11 is 0. The summed E-state index contributed by atoms with van der Waals surface area (Å²) in [6.07, 6.45) is 4.77. The number of aromatic nitrogens is 1. The van der Waals surface area contributed by atoms with Gasteiger partial charge in [0.25, 0.3) is 0 Å². The Kier molecular flexibility index (Phi) is 4.47. The maximum Gasteiger partial charge on any atom is 0.208 e. The van der Waals surface area contributed by atoms with Crippen molar-refractivity contribution >= 4 is 20.8 Å². The Hall–Kier alpha value is -1.50. The Labute approximate surface area is 113 Å². The summed E-state index contributed by atoms with van der Waals surface area (Å²) in [5.74, 6) is 0. The lowest BCUT2D eigenvalue weighted by atomic mass is 10.1. The Bertz CT molecular complexity index is 656. The molecule has 6 heteroatoms. The molecule has 0 saturated heterocycles. The third-order valence-corrected chi connectivity index (χ3v) is 3.43. The van der Waals surface area contributed by atoms with Gasteiger partial charge >= 0.3 is 0 Å². The quantitative estimate of drug-likeness (QED) is 0.770. The molecule has 1 aromatic carbocycles. The second-order valence-corrected chi connectivity index (χ2v) is 6.23. The Morgan fingerprint density at radius 2 is 2.00 bits per heavy atom. The van der Waals surface area contributed by atoms with Crippen molar-refractivity contribution in [2.75, 3.05) is 19.3 Å². The Morgan fingerprint density at radius 1 is 1.16 bits per heavy atom. The third kappa shape index (κ3) is 4.59. The van der Waals surface area contributed by atoms with Gasteiger partial charge < -0.3 is 5.32 Å². The van der Waals surface area contributed by atoms with Gasteiger partial charge in [-0.15, -0.1) is 0 Å². The molecule has 1 heterocycles. The molecule has 102 valence electrons. The molecule has 1 aromatic heterocycles. The van der Waals surface area contributed by atoms with Gasteiger partial charge in [0.1, 0.15) is 0 Å². The molecule has 0 spiro atoms. The van der Waals surface area contributed by atoms with E-state index in [1.807, 2.05) is 24.4 Å². The van der Waals surface area contributed by atoms with E-state index >= 15 is 0 Å². The van der Waals surface area contributed by atoms with Crippen LogP contribution in [-0.4, -0.2) is 32.7 Å². The monoisotopic (exact) mass is 279 g/mol. The van der Waals surface area contributed by atoms with Gasteiger partial charge in [0.05, 0.1) is 6.26 Å². The van der Waals surface area contributed by atoms with Crippen LogP contribution in [0.3, 0.4) is 0 Å². The van der Waals surface area contributed by atoms with E-state index in [1.165, 1.54) is 0 Å². The molecule has 0 amide bonds. The molecule has 0 bridgehead atoms. The average Bonchev–Trinajstić information content (AvgIpc) is 2.37. The molecule has 19 heavy (non-hydrogen) atoms. The summed E-state index contributed by atoms with van der Waals surface area (Å²) in [6.45, 7) is 1.71. The van der Waals surface area contributed by atoms with Crippen LogP contribution in [0.15, 0.2) is 36.7 Å². The zero-order chi connectivity index (χ0) is 13.7. The predicted molar refractivity (Wildman–Crippen MR) is 76.3 cm³/mol. The zero-order valence-corrected chi connectivity index (χ0v) is 11.6. The van der Waals surface area contributed by atoms with Crippen LogP contribution in [0.5, 0.6) is 0 Å². The number of hydrogen-bond donors (Lipinski definition) is 2. The fourth-order valence-corrected chi connectivity index (χ4v) is 2.27. The van der Waals surface area contributed by atoms with Crippen molar-refractivity contribution < 1.29 is 8.42 Å². The molecule has 0 aliphatic carbocycles. The van der Waals surface area contributed by atoms with Crippen molar-refractivity contribution in [3.05, 3.63) is 42.2 Å². The minimum atomic E-state index is -3.09. The molecule has 2 N–H and O–H groups in total. The molecule has 0 fully saturated rings. The number of benzene rings is 1. The van der Waals surface area contributed by atoms with Gasteiger partial charge in [0, 0.05) is 37.4 Å². The van der Waals surface area contributed by atoms with Crippen LogP contribution < -0.4 is 10.0 Å². The first-order valence-corrected chi connectivity index (χ1v) is 7.92. The van der Waals surface area contributed by atoms with Gasteiger partial charge in [-0.05, 0) is 23.1 Å². The lowest BCUT2D eigenvalue weighted by Gasteiger charge is -2.06. The Morgan fingerprint density at radius 3 is 2.79 bits per heavy atom. The van der Waals surface area contributed by atoms with E-state index in [1.54, 1.807) is 6.20 Å². The number of rotatable bonds is 6. The van der Waals surface area contributed by atoms with Crippen molar-refractivity contribution in [1.29, 1.82) is 0 Å². The lowest BCUT2D eigenvalue weighted by Crippen LogP contribution is -2.30. The average molecular weight is 279 g/mol. The number of nitrogens with one attached hydrogen (secondary N) is 2. The van der Waals surface area contributed by atoms with Gasteiger partial charge in [-0.3, -0.25) is 4.98 Å². The fraction of sp³-hybridized carbons (Fsp3) is 0.308. The zero-order valence-electron chi connectivity index (χ0n) is 10.8. The number of pyridine rings is 1. The summed E-state index contributed by atoms with van der Waals surface area (Å²) in [4.78, 5) is 4.07. The summed E-state index contributed by atoms with van der Waals surface area (Å²) < 4.78 is 24.2. The number of sulfonamides is 1. The molecule has 2 aromatic rings. The normalized spacial score (nSPS) is 11.8. The minimum absolute atomic E-state index is 0.399. The smallest absolute Gasteiger partial charge is 0.208 e.